The molecule has 110 valence electrons. The molecule has 0 fully saturated rings. The van der Waals surface area contributed by atoms with E-state index >= 15 is 0 Å². The number of fused-ring (bicyclic) bond motifs is 1. The van der Waals surface area contributed by atoms with Gasteiger partial charge in [-0.05, 0) is 35.1 Å². The number of carbonyl (C=O) groups is 2. The number of aromatic carboxylic acids is 1. The van der Waals surface area contributed by atoms with Crippen LogP contribution >= 0.6 is 0 Å². The monoisotopic (exact) mass is 288 g/mol. The van der Waals surface area contributed by atoms with E-state index in [1.165, 1.54) is 22.8 Å². The van der Waals surface area contributed by atoms with Gasteiger partial charge in [0.05, 0.1) is 11.1 Å². The third-order valence-electron chi connectivity index (χ3n) is 3.29. The Kier molecular flexibility index (Phi) is 3.80. The lowest BCUT2D eigenvalue weighted by Crippen LogP contribution is -2.28. The van der Waals surface area contributed by atoms with Crippen molar-refractivity contribution in [1.29, 1.82) is 0 Å². The number of pyridine rings is 1. The summed E-state index contributed by atoms with van der Waals surface area (Å²) in [6, 6.07) is 5.89. The Hall–Kier alpha value is -2.63. The van der Waals surface area contributed by atoms with Crippen LogP contribution in [-0.4, -0.2) is 21.6 Å². The minimum atomic E-state index is -1.04. The number of carboxylic acids is 1. The summed E-state index contributed by atoms with van der Waals surface area (Å²) in [6.45, 7) is 3.56. The second-order valence-corrected chi connectivity index (χ2v) is 5.19. The Morgan fingerprint density at radius 3 is 2.48 bits per heavy atom. The van der Waals surface area contributed by atoms with Gasteiger partial charge in [-0.3, -0.25) is 14.2 Å². The number of hydrogen-bond acceptors (Lipinski definition) is 3. The standard InChI is InChI=1S/C15H16N2O4/c1-8(2)11-6-10(15(20)21)5-9-3-4-13(19)17(14(9)11)7-12(16)18/h3-6,8H,7H2,1-2H3,(H2,16,18)(H,20,21). The Bertz CT molecular complexity index is 790. The van der Waals surface area contributed by atoms with Crippen LogP contribution in [0.4, 0.5) is 0 Å². The van der Waals surface area contributed by atoms with E-state index in [1.807, 2.05) is 13.8 Å². The van der Waals surface area contributed by atoms with Gasteiger partial charge in [0.1, 0.15) is 6.54 Å². The number of rotatable bonds is 4. The summed E-state index contributed by atoms with van der Waals surface area (Å²) in [5.74, 6) is -1.67. The summed E-state index contributed by atoms with van der Waals surface area (Å²) >= 11 is 0. The van der Waals surface area contributed by atoms with Gasteiger partial charge in [0.2, 0.25) is 5.91 Å². The lowest BCUT2D eigenvalue weighted by atomic mass is 9.96. The number of hydrogen-bond donors (Lipinski definition) is 2. The van der Waals surface area contributed by atoms with Crippen LogP contribution in [0.5, 0.6) is 0 Å². The molecule has 6 heteroatoms. The molecule has 1 aromatic carbocycles. The second kappa shape index (κ2) is 5.40. The van der Waals surface area contributed by atoms with Crippen LogP contribution in [0.3, 0.4) is 0 Å². The predicted molar refractivity (Wildman–Crippen MR) is 78.5 cm³/mol. The van der Waals surface area contributed by atoms with Crippen LogP contribution in [0, 0.1) is 0 Å². The van der Waals surface area contributed by atoms with Crippen molar-refractivity contribution < 1.29 is 14.7 Å². The highest BCUT2D eigenvalue weighted by molar-refractivity contribution is 5.95. The average Bonchev–Trinajstić information content (AvgIpc) is 2.40. The Morgan fingerprint density at radius 2 is 1.95 bits per heavy atom. The first-order valence-electron chi connectivity index (χ1n) is 6.50. The zero-order valence-electron chi connectivity index (χ0n) is 11.8. The van der Waals surface area contributed by atoms with Gasteiger partial charge >= 0.3 is 5.97 Å². The van der Waals surface area contributed by atoms with E-state index < -0.39 is 11.9 Å². The number of nitrogens with zero attached hydrogens (tertiary/aromatic N) is 1. The molecule has 0 aliphatic heterocycles. The number of primary amides is 1. The highest BCUT2D eigenvalue weighted by Crippen LogP contribution is 2.26. The third kappa shape index (κ3) is 2.79. The largest absolute Gasteiger partial charge is 0.478 e. The molecule has 0 radical (unpaired) electrons. The fourth-order valence-electron chi connectivity index (χ4n) is 2.36. The molecule has 21 heavy (non-hydrogen) atoms. The first kappa shape index (κ1) is 14.8. The SMILES string of the molecule is CC(C)c1cc(C(=O)O)cc2ccc(=O)n(CC(N)=O)c12. The number of aromatic nitrogens is 1. The van der Waals surface area contributed by atoms with Crippen LogP contribution in [0.1, 0.15) is 35.7 Å². The number of carboxylic acid groups (broad SMARTS) is 1. The molecule has 0 spiro atoms. The number of benzene rings is 1. The van der Waals surface area contributed by atoms with Crippen molar-refractivity contribution in [3.8, 4) is 0 Å². The van der Waals surface area contributed by atoms with E-state index in [4.69, 9.17) is 5.73 Å². The fraction of sp³-hybridized carbons (Fsp3) is 0.267. The van der Waals surface area contributed by atoms with E-state index in [0.717, 1.165) is 0 Å². The van der Waals surface area contributed by atoms with Gasteiger partial charge in [0.25, 0.3) is 5.56 Å². The maximum atomic E-state index is 12.0. The van der Waals surface area contributed by atoms with Crippen molar-refractivity contribution in [2.24, 2.45) is 5.73 Å². The van der Waals surface area contributed by atoms with Gasteiger partial charge in [0.15, 0.2) is 0 Å². The Labute approximate surface area is 120 Å². The quantitative estimate of drug-likeness (QED) is 0.885. The second-order valence-electron chi connectivity index (χ2n) is 5.19. The minimum Gasteiger partial charge on any atom is -0.478 e. The van der Waals surface area contributed by atoms with Crippen LogP contribution < -0.4 is 11.3 Å². The van der Waals surface area contributed by atoms with Crippen molar-refractivity contribution in [3.63, 3.8) is 0 Å². The van der Waals surface area contributed by atoms with Gasteiger partial charge in [-0.1, -0.05) is 13.8 Å². The van der Waals surface area contributed by atoms with Crippen LogP contribution in [0.25, 0.3) is 10.9 Å². The van der Waals surface area contributed by atoms with Crippen molar-refractivity contribution in [2.45, 2.75) is 26.3 Å². The molecule has 2 aromatic rings. The summed E-state index contributed by atoms with van der Waals surface area (Å²) in [4.78, 5) is 34.4. The molecular formula is C15H16N2O4. The molecule has 1 heterocycles. The Morgan fingerprint density at radius 1 is 1.29 bits per heavy atom. The minimum absolute atomic E-state index is 0.00673. The van der Waals surface area contributed by atoms with Gasteiger partial charge in [0, 0.05) is 6.07 Å². The number of nitrogens with two attached hydrogens (primary N) is 1. The smallest absolute Gasteiger partial charge is 0.335 e. The molecule has 6 nitrogen and oxygen atoms in total. The summed E-state index contributed by atoms with van der Waals surface area (Å²) in [5, 5.41) is 9.77. The molecule has 0 saturated carbocycles. The molecule has 0 aliphatic rings. The van der Waals surface area contributed by atoms with Gasteiger partial charge < -0.3 is 10.8 Å². The van der Waals surface area contributed by atoms with E-state index in [0.29, 0.717) is 16.5 Å². The van der Waals surface area contributed by atoms with Gasteiger partial charge in [-0.25, -0.2) is 4.79 Å². The summed E-state index contributed by atoms with van der Waals surface area (Å²) in [5.41, 5.74) is 6.26. The normalized spacial score (nSPS) is 11.0. The predicted octanol–water partition coefficient (Wildman–Crippen LogP) is 1.31. The molecule has 0 atom stereocenters. The fourth-order valence-corrected chi connectivity index (χ4v) is 2.36. The molecule has 0 unspecified atom stereocenters. The zero-order valence-corrected chi connectivity index (χ0v) is 11.8. The number of carbonyl (C=O) groups excluding carboxylic acids is 1. The van der Waals surface area contributed by atoms with E-state index in [9.17, 15) is 19.5 Å². The van der Waals surface area contributed by atoms with E-state index in [2.05, 4.69) is 0 Å². The lowest BCUT2D eigenvalue weighted by molar-refractivity contribution is -0.118. The first-order valence-corrected chi connectivity index (χ1v) is 6.50. The van der Waals surface area contributed by atoms with Crippen molar-refractivity contribution in [2.75, 3.05) is 0 Å². The van der Waals surface area contributed by atoms with Crippen LogP contribution in [0.2, 0.25) is 0 Å². The molecule has 0 saturated heterocycles. The van der Waals surface area contributed by atoms with Crippen molar-refractivity contribution >= 4 is 22.8 Å². The first-order chi connectivity index (χ1) is 9.81. The number of amides is 1. The topological polar surface area (TPSA) is 102 Å². The molecule has 1 aromatic heterocycles. The lowest BCUT2D eigenvalue weighted by Gasteiger charge is -2.16. The summed E-state index contributed by atoms with van der Waals surface area (Å²) in [6.07, 6.45) is 0. The van der Waals surface area contributed by atoms with Gasteiger partial charge in [-0.15, -0.1) is 0 Å². The molecule has 1 amide bonds. The maximum Gasteiger partial charge on any atom is 0.335 e. The van der Waals surface area contributed by atoms with Crippen LogP contribution in [-0.2, 0) is 11.3 Å². The maximum absolute atomic E-state index is 12.0. The highest BCUT2D eigenvalue weighted by atomic mass is 16.4. The van der Waals surface area contributed by atoms with E-state index in [-0.39, 0.29) is 23.6 Å². The average molecular weight is 288 g/mol. The van der Waals surface area contributed by atoms with Gasteiger partial charge in [-0.2, -0.15) is 0 Å². The molecule has 2 rings (SSSR count). The zero-order chi connectivity index (χ0) is 15.7. The molecule has 0 aliphatic carbocycles. The van der Waals surface area contributed by atoms with Crippen molar-refractivity contribution in [3.05, 3.63) is 45.7 Å². The summed E-state index contributed by atoms with van der Waals surface area (Å²) in [7, 11) is 0. The van der Waals surface area contributed by atoms with Crippen LogP contribution in [0.15, 0.2) is 29.1 Å². The molecule has 3 N–H and O–H groups in total. The highest BCUT2D eigenvalue weighted by Gasteiger charge is 2.16. The third-order valence-corrected chi connectivity index (χ3v) is 3.29. The van der Waals surface area contributed by atoms with E-state index in [1.54, 1.807) is 6.07 Å². The molecule has 0 bridgehead atoms. The van der Waals surface area contributed by atoms with Crippen molar-refractivity contribution in [1.82, 2.24) is 4.57 Å². The Balaban J connectivity index is 2.91. The summed E-state index contributed by atoms with van der Waals surface area (Å²) < 4.78 is 1.29. The molecular weight excluding hydrogens is 272 g/mol.